The van der Waals surface area contributed by atoms with Gasteiger partial charge in [-0.2, -0.15) is 8.73 Å². The Bertz CT molecular complexity index is 707. The minimum absolute atomic E-state index is 0.252. The van der Waals surface area contributed by atoms with Gasteiger partial charge < -0.3 is 5.11 Å². The molecule has 2 aromatic rings. The molecule has 0 amide bonds. The van der Waals surface area contributed by atoms with Crippen LogP contribution in [0.25, 0.3) is 5.69 Å². The van der Waals surface area contributed by atoms with Crippen LogP contribution in [0.4, 0.5) is 11.4 Å². The summed E-state index contributed by atoms with van der Waals surface area (Å²) in [5.74, 6) is 0.369. The molecule has 0 unspecified atom stereocenters. The van der Waals surface area contributed by atoms with Gasteiger partial charge >= 0.3 is 0 Å². The summed E-state index contributed by atoms with van der Waals surface area (Å²) in [6.07, 6.45) is 1.46. The Kier molecular flexibility index (Phi) is 2.90. The number of benzene rings is 1. The summed E-state index contributed by atoms with van der Waals surface area (Å²) in [6.45, 7) is -0.252. The fourth-order valence-electron chi connectivity index (χ4n) is 1.64. The lowest BCUT2D eigenvalue weighted by molar-refractivity contribution is 0.269. The van der Waals surface area contributed by atoms with Gasteiger partial charge in [0, 0.05) is 0 Å². The van der Waals surface area contributed by atoms with Gasteiger partial charge in [0.05, 0.1) is 27.1 Å². The van der Waals surface area contributed by atoms with E-state index >= 15 is 0 Å². The Morgan fingerprint density at radius 3 is 2.78 bits per heavy atom. The van der Waals surface area contributed by atoms with Crippen LogP contribution in [-0.2, 0) is 18.0 Å². The first-order valence-corrected chi connectivity index (χ1v) is 6.31. The lowest BCUT2D eigenvalue weighted by Crippen LogP contribution is -2.01. The number of aliphatic hydroxyl groups excluding tert-OH is 1. The lowest BCUT2D eigenvalue weighted by Gasteiger charge is -2.11. The van der Waals surface area contributed by atoms with E-state index < -0.39 is 0 Å². The van der Waals surface area contributed by atoms with Crippen molar-refractivity contribution < 1.29 is 5.11 Å². The van der Waals surface area contributed by atoms with Gasteiger partial charge in [0.15, 0.2) is 5.82 Å². The summed E-state index contributed by atoms with van der Waals surface area (Å²) in [4.78, 5) is 0. The van der Waals surface area contributed by atoms with Crippen molar-refractivity contribution in [2.75, 3.05) is 0 Å². The maximum Gasteiger partial charge on any atom is 0.163 e. The van der Waals surface area contributed by atoms with Gasteiger partial charge in [0.1, 0.15) is 24.3 Å². The topological polar surface area (TPSA) is 75.7 Å². The first-order chi connectivity index (χ1) is 8.72. The quantitative estimate of drug-likeness (QED) is 0.791. The standard InChI is InChI=1S/C9H5Cl2N5OS/c10-4-1-5(11)9(8-7(4)14-18-15-8)16-3-12-13-6(16)2-17/h1,3,17H,2H2. The SMILES string of the molecule is OCc1nncn1-c1c(Cl)cc(Cl)c2c1N=S=N2. The molecule has 0 fully saturated rings. The van der Waals surface area contributed by atoms with Crippen LogP contribution in [0.5, 0.6) is 0 Å². The number of aliphatic hydroxyl groups is 1. The first kappa shape index (κ1) is 11.8. The van der Waals surface area contributed by atoms with Gasteiger partial charge in [-0.3, -0.25) is 4.57 Å². The van der Waals surface area contributed by atoms with Crippen LogP contribution < -0.4 is 0 Å². The monoisotopic (exact) mass is 301 g/mol. The van der Waals surface area contributed by atoms with Crippen LogP contribution in [0, 0.1) is 0 Å². The van der Waals surface area contributed by atoms with Crippen molar-refractivity contribution in [2.45, 2.75) is 6.61 Å². The van der Waals surface area contributed by atoms with Crippen molar-refractivity contribution in [1.82, 2.24) is 14.8 Å². The van der Waals surface area contributed by atoms with Crippen LogP contribution in [-0.4, -0.2) is 19.9 Å². The molecule has 9 heteroatoms. The zero-order valence-electron chi connectivity index (χ0n) is 8.71. The molecule has 0 atom stereocenters. The third-order valence-corrected chi connectivity index (χ3v) is 3.52. The molecule has 2 heterocycles. The van der Waals surface area contributed by atoms with Gasteiger partial charge in [0.2, 0.25) is 0 Å². The van der Waals surface area contributed by atoms with Crippen molar-refractivity contribution in [3.05, 3.63) is 28.3 Å². The van der Waals surface area contributed by atoms with E-state index in [0.717, 1.165) is 11.4 Å². The maximum absolute atomic E-state index is 9.21. The molecule has 3 rings (SSSR count). The number of hydrogen-bond acceptors (Lipinski definition) is 5. The molecule has 1 aliphatic rings. The Balaban J connectivity index is 2.32. The molecule has 1 N–H and O–H groups in total. The van der Waals surface area contributed by atoms with Crippen LogP contribution in [0.15, 0.2) is 21.1 Å². The van der Waals surface area contributed by atoms with Crippen LogP contribution in [0.2, 0.25) is 10.0 Å². The number of halogens is 2. The predicted octanol–water partition coefficient (Wildman–Crippen LogP) is 2.79. The molecule has 1 aromatic heterocycles. The summed E-state index contributed by atoms with van der Waals surface area (Å²) in [7, 11) is 0. The molecule has 0 saturated heterocycles. The third kappa shape index (κ3) is 1.67. The molecule has 92 valence electrons. The summed E-state index contributed by atoms with van der Waals surface area (Å²) in [5.41, 5.74) is 1.70. The number of hydrogen-bond donors (Lipinski definition) is 1. The highest BCUT2D eigenvalue weighted by Crippen LogP contribution is 2.46. The molecule has 0 spiro atoms. The zero-order chi connectivity index (χ0) is 12.7. The smallest absolute Gasteiger partial charge is 0.163 e. The second kappa shape index (κ2) is 4.43. The molecule has 1 aliphatic heterocycles. The number of fused-ring (bicyclic) bond motifs is 1. The van der Waals surface area contributed by atoms with E-state index in [4.69, 9.17) is 23.2 Å². The highest BCUT2D eigenvalue weighted by atomic mass is 35.5. The van der Waals surface area contributed by atoms with Gasteiger partial charge in [-0.05, 0) is 6.07 Å². The fraction of sp³-hybridized carbons (Fsp3) is 0.111. The minimum Gasteiger partial charge on any atom is -0.388 e. The first-order valence-electron chi connectivity index (χ1n) is 4.82. The highest BCUT2D eigenvalue weighted by molar-refractivity contribution is 7.58. The molecule has 1 aromatic carbocycles. The largest absolute Gasteiger partial charge is 0.388 e. The number of aromatic nitrogens is 3. The third-order valence-electron chi connectivity index (χ3n) is 2.42. The van der Waals surface area contributed by atoms with Gasteiger partial charge in [-0.15, -0.1) is 10.2 Å². The minimum atomic E-state index is -0.252. The fourth-order valence-corrected chi connectivity index (χ4v) is 2.84. The molecule has 0 saturated carbocycles. The van der Waals surface area contributed by atoms with E-state index in [1.807, 2.05) is 0 Å². The maximum atomic E-state index is 9.21. The number of rotatable bonds is 2. The van der Waals surface area contributed by atoms with Gasteiger partial charge in [0.25, 0.3) is 0 Å². The normalized spacial score (nSPS) is 12.6. The average Bonchev–Trinajstić information content (AvgIpc) is 2.97. The highest BCUT2D eigenvalue weighted by Gasteiger charge is 2.21. The molecule has 0 radical (unpaired) electrons. The van der Waals surface area contributed by atoms with Crippen LogP contribution in [0.1, 0.15) is 5.82 Å². The average molecular weight is 302 g/mol. The van der Waals surface area contributed by atoms with Crippen molar-refractivity contribution in [1.29, 1.82) is 0 Å². The van der Waals surface area contributed by atoms with Crippen LogP contribution in [0.3, 0.4) is 0 Å². The van der Waals surface area contributed by atoms with E-state index in [2.05, 4.69) is 18.9 Å². The second-order valence-corrected chi connectivity index (χ2v) is 4.77. The predicted molar refractivity (Wildman–Crippen MR) is 68.8 cm³/mol. The Labute approximate surface area is 115 Å². The van der Waals surface area contributed by atoms with Crippen molar-refractivity contribution in [3.63, 3.8) is 0 Å². The zero-order valence-corrected chi connectivity index (χ0v) is 11.0. The van der Waals surface area contributed by atoms with Crippen molar-refractivity contribution >= 4 is 45.9 Å². The van der Waals surface area contributed by atoms with E-state index in [-0.39, 0.29) is 6.61 Å². The summed E-state index contributed by atoms with van der Waals surface area (Å²) < 4.78 is 9.86. The molecule has 6 nitrogen and oxygen atoms in total. The Morgan fingerprint density at radius 1 is 1.22 bits per heavy atom. The van der Waals surface area contributed by atoms with Crippen molar-refractivity contribution in [3.8, 4) is 5.69 Å². The van der Waals surface area contributed by atoms with Crippen LogP contribution >= 0.6 is 23.2 Å². The number of nitrogens with zero attached hydrogens (tertiary/aromatic N) is 5. The Morgan fingerprint density at radius 2 is 2.00 bits per heavy atom. The second-order valence-electron chi connectivity index (χ2n) is 3.43. The molecule has 0 aliphatic carbocycles. The summed E-state index contributed by atoms with van der Waals surface area (Å²) in [5, 5.41) is 17.6. The van der Waals surface area contributed by atoms with Gasteiger partial charge in [-0.1, -0.05) is 23.2 Å². The summed E-state index contributed by atoms with van der Waals surface area (Å²) >= 11 is 13.3. The van der Waals surface area contributed by atoms with E-state index in [9.17, 15) is 5.11 Å². The molecule has 0 bridgehead atoms. The van der Waals surface area contributed by atoms with Crippen molar-refractivity contribution in [2.24, 2.45) is 8.73 Å². The van der Waals surface area contributed by atoms with E-state index in [1.54, 1.807) is 10.6 Å². The van der Waals surface area contributed by atoms with Gasteiger partial charge in [-0.25, -0.2) is 0 Å². The van der Waals surface area contributed by atoms with E-state index in [0.29, 0.717) is 32.9 Å². The summed E-state index contributed by atoms with van der Waals surface area (Å²) in [6, 6.07) is 1.59. The molecular weight excluding hydrogens is 297 g/mol. The van der Waals surface area contributed by atoms with E-state index in [1.165, 1.54) is 6.33 Å². The Hall–Kier alpha value is -1.28. The lowest BCUT2D eigenvalue weighted by atomic mass is 10.2. The molecular formula is C9H5Cl2N5OS. The molecule has 18 heavy (non-hydrogen) atoms.